The molecule has 0 radical (unpaired) electrons. The van der Waals surface area contributed by atoms with Crippen LogP contribution in [-0.2, 0) is 6.42 Å². The molecule has 1 aromatic heterocycles. The summed E-state index contributed by atoms with van der Waals surface area (Å²) in [6.07, 6.45) is 1.87. The highest BCUT2D eigenvalue weighted by molar-refractivity contribution is 9.10. The number of aryl methyl sites for hydroxylation is 1. The Morgan fingerprint density at radius 2 is 2.05 bits per heavy atom. The van der Waals surface area contributed by atoms with Crippen molar-refractivity contribution in [1.29, 1.82) is 0 Å². The van der Waals surface area contributed by atoms with E-state index in [-0.39, 0.29) is 0 Å². The molecular formula is C15H18BrN3O. The van der Waals surface area contributed by atoms with Crippen molar-refractivity contribution in [2.75, 3.05) is 12.3 Å². The average Bonchev–Trinajstić information content (AvgIpc) is 2.44. The summed E-state index contributed by atoms with van der Waals surface area (Å²) in [5.41, 5.74) is 7.81. The van der Waals surface area contributed by atoms with Gasteiger partial charge in [-0.3, -0.25) is 0 Å². The summed E-state index contributed by atoms with van der Waals surface area (Å²) < 4.78 is 6.30. The number of nitrogen functional groups attached to an aromatic ring is 1. The number of halogens is 1. The highest BCUT2D eigenvalue weighted by atomic mass is 79.9. The Bertz CT molecular complexity index is 602. The maximum absolute atomic E-state index is 5.96. The minimum absolute atomic E-state index is 0.472. The Balaban J connectivity index is 2.44. The molecule has 0 atom stereocenters. The van der Waals surface area contributed by atoms with Gasteiger partial charge < -0.3 is 10.5 Å². The predicted octanol–water partition coefficient (Wildman–Crippen LogP) is 3.84. The fraction of sp³-hybridized carbons (Fsp3) is 0.333. The molecule has 2 N–H and O–H groups in total. The van der Waals surface area contributed by atoms with Crippen LogP contribution in [0.5, 0.6) is 5.75 Å². The summed E-state index contributed by atoms with van der Waals surface area (Å²) in [5, 5.41) is 0. The van der Waals surface area contributed by atoms with Crippen molar-refractivity contribution in [2.24, 2.45) is 0 Å². The Morgan fingerprint density at radius 1 is 1.25 bits per heavy atom. The van der Waals surface area contributed by atoms with E-state index in [2.05, 4.69) is 32.8 Å². The number of aromatic nitrogens is 2. The third kappa shape index (κ3) is 3.28. The second-order valence-corrected chi connectivity index (χ2v) is 5.20. The first-order valence-electron chi connectivity index (χ1n) is 6.70. The standard InChI is InChI=1S/C15H18BrN3O/c1-3-6-12-13(16)14(17)19-15(18-12)10-7-5-8-11(9-10)20-4-2/h5,7-9H,3-4,6H2,1-2H3,(H2,17,18,19). The Labute approximate surface area is 127 Å². The molecule has 0 saturated heterocycles. The minimum atomic E-state index is 0.472. The van der Waals surface area contributed by atoms with Gasteiger partial charge in [0.15, 0.2) is 5.82 Å². The van der Waals surface area contributed by atoms with Gasteiger partial charge in [-0.05, 0) is 41.4 Å². The smallest absolute Gasteiger partial charge is 0.161 e. The van der Waals surface area contributed by atoms with Gasteiger partial charge in [0.2, 0.25) is 0 Å². The van der Waals surface area contributed by atoms with E-state index in [0.717, 1.165) is 34.3 Å². The molecule has 2 rings (SSSR count). The first-order chi connectivity index (χ1) is 9.65. The average molecular weight is 336 g/mol. The van der Waals surface area contributed by atoms with E-state index in [4.69, 9.17) is 10.5 Å². The van der Waals surface area contributed by atoms with Crippen LogP contribution in [0.3, 0.4) is 0 Å². The van der Waals surface area contributed by atoms with Crippen molar-refractivity contribution in [2.45, 2.75) is 26.7 Å². The SMILES string of the molecule is CCCc1nc(-c2cccc(OCC)c2)nc(N)c1Br. The maximum Gasteiger partial charge on any atom is 0.161 e. The quantitative estimate of drug-likeness (QED) is 0.901. The summed E-state index contributed by atoms with van der Waals surface area (Å²) in [4.78, 5) is 8.95. The van der Waals surface area contributed by atoms with Gasteiger partial charge >= 0.3 is 0 Å². The van der Waals surface area contributed by atoms with E-state index in [1.807, 2.05) is 31.2 Å². The number of nitrogens with zero attached hydrogens (tertiary/aromatic N) is 2. The molecule has 0 unspecified atom stereocenters. The van der Waals surface area contributed by atoms with Gasteiger partial charge in [0, 0.05) is 5.56 Å². The van der Waals surface area contributed by atoms with Crippen LogP contribution in [0.15, 0.2) is 28.7 Å². The number of anilines is 1. The molecule has 4 nitrogen and oxygen atoms in total. The summed E-state index contributed by atoms with van der Waals surface area (Å²) in [6.45, 7) is 4.70. The third-order valence-corrected chi connectivity index (χ3v) is 3.70. The summed E-state index contributed by atoms with van der Waals surface area (Å²) >= 11 is 3.45. The molecule has 0 fully saturated rings. The highest BCUT2D eigenvalue weighted by Gasteiger charge is 2.11. The molecule has 0 aliphatic carbocycles. The number of nitrogens with two attached hydrogens (primary N) is 1. The number of ether oxygens (including phenoxy) is 1. The molecule has 2 aromatic rings. The van der Waals surface area contributed by atoms with E-state index in [1.54, 1.807) is 0 Å². The van der Waals surface area contributed by atoms with Crippen molar-refractivity contribution in [3.63, 3.8) is 0 Å². The van der Waals surface area contributed by atoms with Gasteiger partial charge in [0.05, 0.1) is 16.8 Å². The summed E-state index contributed by atoms with van der Waals surface area (Å²) in [5.74, 6) is 1.92. The lowest BCUT2D eigenvalue weighted by atomic mass is 10.2. The lowest BCUT2D eigenvalue weighted by Crippen LogP contribution is -2.03. The lowest BCUT2D eigenvalue weighted by Gasteiger charge is -2.09. The zero-order chi connectivity index (χ0) is 14.5. The molecule has 0 saturated carbocycles. The van der Waals surface area contributed by atoms with E-state index in [9.17, 15) is 0 Å². The minimum Gasteiger partial charge on any atom is -0.494 e. The van der Waals surface area contributed by atoms with Crippen LogP contribution < -0.4 is 10.5 Å². The molecule has 106 valence electrons. The van der Waals surface area contributed by atoms with Crippen LogP contribution in [0.1, 0.15) is 26.0 Å². The molecule has 0 aliphatic heterocycles. The zero-order valence-electron chi connectivity index (χ0n) is 11.7. The van der Waals surface area contributed by atoms with Gasteiger partial charge in [0.25, 0.3) is 0 Å². The van der Waals surface area contributed by atoms with Crippen molar-refractivity contribution >= 4 is 21.7 Å². The van der Waals surface area contributed by atoms with Crippen molar-refractivity contribution in [3.8, 4) is 17.1 Å². The molecular weight excluding hydrogens is 318 g/mol. The van der Waals surface area contributed by atoms with Crippen LogP contribution in [0.2, 0.25) is 0 Å². The Morgan fingerprint density at radius 3 is 2.75 bits per heavy atom. The fourth-order valence-electron chi connectivity index (χ4n) is 1.94. The Hall–Kier alpha value is -1.62. The van der Waals surface area contributed by atoms with Crippen molar-refractivity contribution < 1.29 is 4.74 Å². The molecule has 5 heteroatoms. The fourth-order valence-corrected chi connectivity index (χ4v) is 2.31. The zero-order valence-corrected chi connectivity index (χ0v) is 13.3. The van der Waals surface area contributed by atoms with Gasteiger partial charge in [-0.2, -0.15) is 0 Å². The summed E-state index contributed by atoms with van der Waals surface area (Å²) in [6, 6.07) is 7.74. The molecule has 0 aliphatic rings. The van der Waals surface area contributed by atoms with Crippen molar-refractivity contribution in [3.05, 3.63) is 34.4 Å². The van der Waals surface area contributed by atoms with E-state index in [0.29, 0.717) is 18.2 Å². The molecule has 0 amide bonds. The number of hydrogen-bond acceptors (Lipinski definition) is 4. The van der Waals surface area contributed by atoms with E-state index < -0.39 is 0 Å². The second-order valence-electron chi connectivity index (χ2n) is 4.40. The van der Waals surface area contributed by atoms with Gasteiger partial charge in [-0.1, -0.05) is 25.5 Å². The first-order valence-corrected chi connectivity index (χ1v) is 7.50. The van der Waals surface area contributed by atoms with Gasteiger partial charge in [0.1, 0.15) is 11.6 Å². The molecule has 20 heavy (non-hydrogen) atoms. The Kier molecular flexibility index (Phi) is 4.95. The number of hydrogen-bond donors (Lipinski definition) is 1. The summed E-state index contributed by atoms with van der Waals surface area (Å²) in [7, 11) is 0. The number of rotatable bonds is 5. The topological polar surface area (TPSA) is 61.0 Å². The third-order valence-electron chi connectivity index (χ3n) is 2.84. The van der Waals surface area contributed by atoms with Crippen LogP contribution in [-0.4, -0.2) is 16.6 Å². The first kappa shape index (κ1) is 14.8. The van der Waals surface area contributed by atoms with Crippen LogP contribution in [0, 0.1) is 0 Å². The van der Waals surface area contributed by atoms with E-state index in [1.165, 1.54) is 0 Å². The van der Waals surface area contributed by atoms with Crippen LogP contribution in [0.25, 0.3) is 11.4 Å². The highest BCUT2D eigenvalue weighted by Crippen LogP contribution is 2.27. The lowest BCUT2D eigenvalue weighted by molar-refractivity contribution is 0.340. The normalized spacial score (nSPS) is 10.6. The largest absolute Gasteiger partial charge is 0.494 e. The molecule has 0 bridgehead atoms. The van der Waals surface area contributed by atoms with Crippen molar-refractivity contribution in [1.82, 2.24) is 9.97 Å². The monoisotopic (exact) mass is 335 g/mol. The molecule has 0 spiro atoms. The molecule has 1 aromatic carbocycles. The van der Waals surface area contributed by atoms with Gasteiger partial charge in [-0.15, -0.1) is 0 Å². The van der Waals surface area contributed by atoms with Gasteiger partial charge in [-0.25, -0.2) is 9.97 Å². The van der Waals surface area contributed by atoms with Crippen LogP contribution >= 0.6 is 15.9 Å². The number of benzene rings is 1. The maximum atomic E-state index is 5.96. The second kappa shape index (κ2) is 6.70. The van der Waals surface area contributed by atoms with E-state index >= 15 is 0 Å². The predicted molar refractivity (Wildman–Crippen MR) is 84.7 cm³/mol. The molecule has 1 heterocycles. The van der Waals surface area contributed by atoms with Crippen LogP contribution in [0.4, 0.5) is 5.82 Å².